The lowest BCUT2D eigenvalue weighted by Crippen LogP contribution is -2.27. The molecule has 1 amide bonds. The van der Waals surface area contributed by atoms with Gasteiger partial charge in [-0.1, -0.05) is 11.3 Å². The van der Waals surface area contributed by atoms with Gasteiger partial charge in [-0.25, -0.2) is 9.78 Å². The number of aromatic nitrogens is 1. The van der Waals surface area contributed by atoms with Crippen molar-refractivity contribution in [2.75, 3.05) is 5.32 Å². The number of hydrogen-bond acceptors (Lipinski definition) is 5. The first-order chi connectivity index (χ1) is 9.24. The Morgan fingerprint density at radius 3 is 2.65 bits per heavy atom. The SMILES string of the molecule is CC(C)(C)OC(=O)Nc1nc2cc(C(=O)Cl)ccc2s1. The van der Waals surface area contributed by atoms with E-state index in [2.05, 4.69) is 10.3 Å². The second-order valence-electron chi connectivity index (χ2n) is 5.10. The summed E-state index contributed by atoms with van der Waals surface area (Å²) in [5, 5.41) is 2.44. The average Bonchev–Trinajstić information content (AvgIpc) is 2.66. The molecule has 1 aromatic heterocycles. The third-order valence-electron chi connectivity index (χ3n) is 2.22. The Hall–Kier alpha value is -1.66. The Bertz CT molecular complexity index is 676. The predicted molar refractivity (Wildman–Crippen MR) is 79.7 cm³/mol. The van der Waals surface area contributed by atoms with E-state index in [1.165, 1.54) is 11.3 Å². The molecule has 1 heterocycles. The van der Waals surface area contributed by atoms with Crippen molar-refractivity contribution in [2.24, 2.45) is 0 Å². The molecule has 5 nitrogen and oxygen atoms in total. The number of hydrogen-bond donors (Lipinski definition) is 1. The number of amides is 1. The molecule has 0 aliphatic heterocycles. The smallest absolute Gasteiger partial charge is 0.413 e. The molecule has 20 heavy (non-hydrogen) atoms. The van der Waals surface area contributed by atoms with Crippen LogP contribution in [-0.4, -0.2) is 21.9 Å². The van der Waals surface area contributed by atoms with Gasteiger partial charge in [-0.15, -0.1) is 0 Å². The highest BCUT2D eigenvalue weighted by atomic mass is 35.5. The Kier molecular flexibility index (Phi) is 3.96. The lowest BCUT2D eigenvalue weighted by atomic mass is 10.2. The zero-order chi connectivity index (χ0) is 14.9. The van der Waals surface area contributed by atoms with E-state index >= 15 is 0 Å². The normalized spacial score (nSPS) is 11.4. The molecule has 0 saturated carbocycles. The maximum Gasteiger partial charge on any atom is 0.413 e. The van der Waals surface area contributed by atoms with Gasteiger partial charge in [0.1, 0.15) is 5.60 Å². The van der Waals surface area contributed by atoms with Gasteiger partial charge in [0.15, 0.2) is 5.13 Å². The third kappa shape index (κ3) is 3.68. The summed E-state index contributed by atoms with van der Waals surface area (Å²) >= 11 is 6.71. The summed E-state index contributed by atoms with van der Waals surface area (Å²) < 4.78 is 5.99. The van der Waals surface area contributed by atoms with Gasteiger partial charge in [-0.2, -0.15) is 0 Å². The summed E-state index contributed by atoms with van der Waals surface area (Å²) in [5.74, 6) is 0. The van der Waals surface area contributed by atoms with E-state index in [1.54, 1.807) is 39.0 Å². The second kappa shape index (κ2) is 5.38. The number of carbonyl (C=O) groups excluding carboxylic acids is 2. The van der Waals surface area contributed by atoms with E-state index in [0.717, 1.165) is 4.70 Å². The predicted octanol–water partition coefficient (Wildman–Crippen LogP) is 4.02. The fourth-order valence-electron chi connectivity index (χ4n) is 1.49. The van der Waals surface area contributed by atoms with Gasteiger partial charge in [-0.3, -0.25) is 10.1 Å². The van der Waals surface area contributed by atoms with Crippen LogP contribution in [0.1, 0.15) is 31.1 Å². The van der Waals surface area contributed by atoms with Crippen molar-refractivity contribution >= 4 is 49.6 Å². The molecule has 1 N–H and O–H groups in total. The monoisotopic (exact) mass is 312 g/mol. The zero-order valence-corrected chi connectivity index (χ0v) is 12.8. The molecule has 0 fully saturated rings. The summed E-state index contributed by atoms with van der Waals surface area (Å²) in [5.41, 5.74) is 0.403. The van der Waals surface area contributed by atoms with E-state index in [0.29, 0.717) is 16.2 Å². The van der Waals surface area contributed by atoms with Crippen molar-refractivity contribution in [3.05, 3.63) is 23.8 Å². The fourth-order valence-corrected chi connectivity index (χ4v) is 2.44. The van der Waals surface area contributed by atoms with E-state index in [4.69, 9.17) is 16.3 Å². The largest absolute Gasteiger partial charge is 0.444 e. The number of anilines is 1. The fraction of sp³-hybridized carbons (Fsp3) is 0.308. The van der Waals surface area contributed by atoms with Crippen molar-refractivity contribution in [1.82, 2.24) is 4.98 Å². The standard InChI is InChI=1S/C13H13ClN2O3S/c1-13(2,3)19-12(18)16-11-15-8-6-7(10(14)17)4-5-9(8)20-11/h4-6H,1-3H3,(H,15,16,18). The van der Waals surface area contributed by atoms with Crippen LogP contribution in [-0.2, 0) is 4.74 Å². The molecule has 0 bridgehead atoms. The molecule has 0 aliphatic carbocycles. The Morgan fingerprint density at radius 1 is 1.35 bits per heavy atom. The first kappa shape index (κ1) is 14.7. The number of halogens is 1. The lowest BCUT2D eigenvalue weighted by Gasteiger charge is -2.18. The van der Waals surface area contributed by atoms with Crippen molar-refractivity contribution < 1.29 is 14.3 Å². The minimum atomic E-state index is -0.570. The highest BCUT2D eigenvalue weighted by Gasteiger charge is 2.17. The highest BCUT2D eigenvalue weighted by molar-refractivity contribution is 7.22. The quantitative estimate of drug-likeness (QED) is 0.850. The number of rotatable bonds is 2. The van der Waals surface area contributed by atoms with Crippen LogP contribution < -0.4 is 5.32 Å². The van der Waals surface area contributed by atoms with E-state index in [-0.39, 0.29) is 0 Å². The van der Waals surface area contributed by atoms with Crippen molar-refractivity contribution in [3.63, 3.8) is 0 Å². The lowest BCUT2D eigenvalue weighted by molar-refractivity contribution is 0.0636. The topological polar surface area (TPSA) is 68.3 Å². The Balaban J connectivity index is 2.20. The van der Waals surface area contributed by atoms with E-state index in [1.807, 2.05) is 0 Å². The number of nitrogens with zero attached hydrogens (tertiary/aromatic N) is 1. The van der Waals surface area contributed by atoms with E-state index < -0.39 is 16.9 Å². The van der Waals surface area contributed by atoms with Crippen LogP contribution in [0.25, 0.3) is 10.2 Å². The second-order valence-corrected chi connectivity index (χ2v) is 6.48. The summed E-state index contributed by atoms with van der Waals surface area (Å²) in [4.78, 5) is 26.9. The van der Waals surface area contributed by atoms with Gasteiger partial charge in [0.2, 0.25) is 0 Å². The molecule has 2 rings (SSSR count). The van der Waals surface area contributed by atoms with Gasteiger partial charge in [0.05, 0.1) is 10.2 Å². The zero-order valence-electron chi connectivity index (χ0n) is 11.2. The van der Waals surface area contributed by atoms with Gasteiger partial charge >= 0.3 is 6.09 Å². The number of carbonyl (C=O) groups is 2. The Labute approximate surface area is 124 Å². The molecule has 7 heteroatoms. The number of fused-ring (bicyclic) bond motifs is 1. The highest BCUT2D eigenvalue weighted by Crippen LogP contribution is 2.27. The Morgan fingerprint density at radius 2 is 2.05 bits per heavy atom. The molecular weight excluding hydrogens is 300 g/mol. The van der Waals surface area contributed by atoms with Crippen molar-refractivity contribution in [1.29, 1.82) is 0 Å². The summed E-state index contributed by atoms with van der Waals surface area (Å²) in [6.07, 6.45) is -0.565. The van der Waals surface area contributed by atoms with Gasteiger partial charge in [-0.05, 0) is 50.6 Å². The van der Waals surface area contributed by atoms with Crippen LogP contribution >= 0.6 is 22.9 Å². The van der Waals surface area contributed by atoms with Crippen LogP contribution in [0.3, 0.4) is 0 Å². The molecule has 1 aromatic carbocycles. The van der Waals surface area contributed by atoms with Gasteiger partial charge < -0.3 is 4.74 Å². The number of nitrogens with one attached hydrogen (secondary N) is 1. The van der Waals surface area contributed by atoms with Gasteiger partial charge in [0.25, 0.3) is 5.24 Å². The van der Waals surface area contributed by atoms with Crippen LogP contribution in [0, 0.1) is 0 Å². The van der Waals surface area contributed by atoms with Crippen LogP contribution in [0.4, 0.5) is 9.93 Å². The van der Waals surface area contributed by atoms with Crippen molar-refractivity contribution in [2.45, 2.75) is 26.4 Å². The maximum atomic E-state index is 11.6. The molecule has 106 valence electrons. The van der Waals surface area contributed by atoms with Gasteiger partial charge in [0, 0.05) is 5.56 Å². The number of benzene rings is 1. The molecular formula is C13H13ClN2O3S. The minimum Gasteiger partial charge on any atom is -0.444 e. The summed E-state index contributed by atoms with van der Waals surface area (Å²) in [7, 11) is 0. The molecule has 0 atom stereocenters. The third-order valence-corrected chi connectivity index (χ3v) is 3.39. The molecule has 0 aliphatic rings. The average molecular weight is 313 g/mol. The first-order valence-corrected chi connectivity index (χ1v) is 7.04. The van der Waals surface area contributed by atoms with Crippen LogP contribution in [0.15, 0.2) is 18.2 Å². The summed E-state index contributed by atoms with van der Waals surface area (Å²) in [6, 6.07) is 4.94. The molecule has 0 unspecified atom stereocenters. The first-order valence-electron chi connectivity index (χ1n) is 5.85. The number of thiazole rings is 1. The summed E-state index contributed by atoms with van der Waals surface area (Å²) in [6.45, 7) is 5.34. The number of ether oxygens (including phenoxy) is 1. The molecule has 0 radical (unpaired) electrons. The van der Waals surface area contributed by atoms with Crippen LogP contribution in [0.2, 0.25) is 0 Å². The molecule has 0 saturated heterocycles. The molecule has 0 spiro atoms. The van der Waals surface area contributed by atoms with Crippen LogP contribution in [0.5, 0.6) is 0 Å². The maximum absolute atomic E-state index is 11.6. The molecule has 2 aromatic rings. The van der Waals surface area contributed by atoms with E-state index in [9.17, 15) is 9.59 Å². The van der Waals surface area contributed by atoms with Crippen molar-refractivity contribution in [3.8, 4) is 0 Å². The minimum absolute atomic E-state index is 0.369.